The van der Waals surface area contributed by atoms with Crippen LogP contribution < -0.4 is 5.73 Å². The summed E-state index contributed by atoms with van der Waals surface area (Å²) in [6.07, 6.45) is 2.83. The molecular weight excluding hydrogens is 246 g/mol. The smallest absolute Gasteiger partial charge is 0.0722 e. The van der Waals surface area contributed by atoms with Gasteiger partial charge in [-0.3, -0.25) is 0 Å². The topological polar surface area (TPSA) is 46.2 Å². The van der Waals surface area contributed by atoms with Crippen LogP contribution in [-0.2, 0) is 5.41 Å². The molecule has 0 aliphatic heterocycles. The van der Waals surface area contributed by atoms with Crippen molar-refractivity contribution in [1.82, 2.24) is 0 Å². The van der Waals surface area contributed by atoms with E-state index in [2.05, 4.69) is 12.1 Å². The molecule has 1 aliphatic rings. The zero-order chi connectivity index (χ0) is 13.3. The summed E-state index contributed by atoms with van der Waals surface area (Å²) in [6.45, 7) is 4.03. The van der Waals surface area contributed by atoms with E-state index in [0.717, 1.165) is 17.9 Å². The number of hydrogen-bond acceptors (Lipinski definition) is 2. The van der Waals surface area contributed by atoms with Gasteiger partial charge in [0.1, 0.15) is 0 Å². The number of rotatable bonds is 4. The SMILES string of the molecule is CC(C)[C@H](O)[C@@H](N)C1(c2ccc(Cl)cc2)CCC1. The van der Waals surface area contributed by atoms with Gasteiger partial charge >= 0.3 is 0 Å². The Kier molecular flexibility index (Phi) is 4.00. The maximum Gasteiger partial charge on any atom is 0.0722 e. The van der Waals surface area contributed by atoms with Crippen LogP contribution in [0.1, 0.15) is 38.7 Å². The van der Waals surface area contributed by atoms with E-state index in [1.54, 1.807) is 0 Å². The van der Waals surface area contributed by atoms with Crippen molar-refractivity contribution < 1.29 is 5.11 Å². The van der Waals surface area contributed by atoms with Crippen LogP contribution in [0.25, 0.3) is 0 Å². The van der Waals surface area contributed by atoms with Crippen LogP contribution in [0.2, 0.25) is 5.02 Å². The van der Waals surface area contributed by atoms with Gasteiger partial charge in [-0.2, -0.15) is 0 Å². The Balaban J connectivity index is 2.28. The first-order valence-electron chi connectivity index (χ1n) is 6.67. The minimum absolute atomic E-state index is 0.0612. The van der Waals surface area contributed by atoms with Gasteiger partial charge in [0.2, 0.25) is 0 Å². The molecule has 2 atom stereocenters. The first-order valence-corrected chi connectivity index (χ1v) is 7.05. The minimum atomic E-state index is -0.457. The van der Waals surface area contributed by atoms with E-state index in [-0.39, 0.29) is 17.4 Å². The largest absolute Gasteiger partial charge is 0.391 e. The fraction of sp³-hybridized carbons (Fsp3) is 0.600. The lowest BCUT2D eigenvalue weighted by Gasteiger charge is -2.49. The molecule has 0 heterocycles. The Morgan fingerprint density at radius 3 is 2.17 bits per heavy atom. The van der Waals surface area contributed by atoms with Crippen molar-refractivity contribution in [3.8, 4) is 0 Å². The number of aliphatic hydroxyl groups excluding tert-OH is 1. The number of hydrogen-bond donors (Lipinski definition) is 2. The monoisotopic (exact) mass is 267 g/mol. The summed E-state index contributed by atoms with van der Waals surface area (Å²) < 4.78 is 0. The third-order valence-corrected chi connectivity index (χ3v) is 4.61. The maximum atomic E-state index is 10.3. The first kappa shape index (κ1) is 13.9. The van der Waals surface area contributed by atoms with Gasteiger partial charge in [-0.05, 0) is 36.5 Å². The van der Waals surface area contributed by atoms with Crippen LogP contribution in [0.3, 0.4) is 0 Å². The predicted molar refractivity (Wildman–Crippen MR) is 75.8 cm³/mol. The molecule has 2 nitrogen and oxygen atoms in total. The van der Waals surface area contributed by atoms with E-state index < -0.39 is 6.10 Å². The van der Waals surface area contributed by atoms with Gasteiger partial charge in [-0.25, -0.2) is 0 Å². The summed E-state index contributed by atoms with van der Waals surface area (Å²) in [5.41, 5.74) is 7.50. The molecule has 1 aromatic rings. The van der Waals surface area contributed by atoms with Crippen LogP contribution in [0.4, 0.5) is 0 Å². The van der Waals surface area contributed by atoms with Crippen molar-refractivity contribution in [2.75, 3.05) is 0 Å². The zero-order valence-corrected chi connectivity index (χ0v) is 11.8. The highest BCUT2D eigenvalue weighted by molar-refractivity contribution is 6.30. The number of aliphatic hydroxyl groups is 1. The Morgan fingerprint density at radius 1 is 1.22 bits per heavy atom. The average molecular weight is 268 g/mol. The molecule has 0 spiro atoms. The van der Waals surface area contributed by atoms with Crippen molar-refractivity contribution in [3.63, 3.8) is 0 Å². The average Bonchev–Trinajstić information content (AvgIpc) is 2.28. The molecule has 0 bridgehead atoms. The maximum absolute atomic E-state index is 10.3. The summed E-state index contributed by atoms with van der Waals surface area (Å²) in [5, 5.41) is 11.0. The molecule has 1 aliphatic carbocycles. The number of halogens is 1. The standard InChI is InChI=1S/C15H22ClNO/c1-10(2)13(18)14(17)15(8-3-9-15)11-4-6-12(16)7-5-11/h4-7,10,13-14,18H,3,8-9,17H2,1-2H3/t13-,14+/m0/s1. The van der Waals surface area contributed by atoms with Crippen LogP contribution in [-0.4, -0.2) is 17.3 Å². The van der Waals surface area contributed by atoms with Gasteiger partial charge < -0.3 is 10.8 Å². The second-order valence-electron chi connectivity index (χ2n) is 5.78. The molecule has 3 N–H and O–H groups in total. The van der Waals surface area contributed by atoms with E-state index in [4.69, 9.17) is 17.3 Å². The Labute approximate surface area is 114 Å². The van der Waals surface area contributed by atoms with E-state index in [0.29, 0.717) is 0 Å². The quantitative estimate of drug-likeness (QED) is 0.881. The molecule has 1 saturated carbocycles. The third kappa shape index (κ3) is 2.29. The Bertz CT molecular complexity index is 397. The molecule has 100 valence electrons. The number of nitrogens with two attached hydrogens (primary N) is 1. The van der Waals surface area contributed by atoms with Gasteiger partial charge in [0.15, 0.2) is 0 Å². The summed E-state index contributed by atoms with van der Waals surface area (Å²) in [5.74, 6) is 0.185. The van der Waals surface area contributed by atoms with Crippen LogP contribution in [0.5, 0.6) is 0 Å². The van der Waals surface area contributed by atoms with Gasteiger partial charge in [-0.1, -0.05) is 44.0 Å². The van der Waals surface area contributed by atoms with Crippen LogP contribution in [0.15, 0.2) is 24.3 Å². The molecule has 0 amide bonds. The minimum Gasteiger partial charge on any atom is -0.391 e. The number of benzene rings is 1. The summed E-state index contributed by atoms with van der Waals surface area (Å²) in [4.78, 5) is 0. The van der Waals surface area contributed by atoms with E-state index in [1.165, 1.54) is 12.0 Å². The summed E-state index contributed by atoms with van der Waals surface area (Å²) >= 11 is 5.93. The fourth-order valence-corrected chi connectivity index (χ4v) is 3.02. The molecule has 0 radical (unpaired) electrons. The zero-order valence-electron chi connectivity index (χ0n) is 11.1. The third-order valence-electron chi connectivity index (χ3n) is 4.35. The molecule has 0 aromatic heterocycles. The van der Waals surface area contributed by atoms with Crippen LogP contribution in [0, 0.1) is 5.92 Å². The molecular formula is C15H22ClNO. The van der Waals surface area contributed by atoms with Crippen molar-refractivity contribution >= 4 is 11.6 Å². The van der Waals surface area contributed by atoms with Crippen LogP contribution >= 0.6 is 11.6 Å². The lowest BCUT2D eigenvalue weighted by atomic mass is 9.58. The predicted octanol–water partition coefficient (Wildman–Crippen LogP) is 3.11. The van der Waals surface area contributed by atoms with Crippen molar-refractivity contribution in [1.29, 1.82) is 0 Å². The fourth-order valence-electron chi connectivity index (χ4n) is 2.90. The van der Waals surface area contributed by atoms with E-state index in [9.17, 15) is 5.11 Å². The highest BCUT2D eigenvalue weighted by Gasteiger charge is 2.46. The van der Waals surface area contributed by atoms with Gasteiger partial charge in [0, 0.05) is 16.5 Å². The van der Waals surface area contributed by atoms with Gasteiger partial charge in [-0.15, -0.1) is 0 Å². The van der Waals surface area contributed by atoms with Crippen molar-refractivity contribution in [2.24, 2.45) is 11.7 Å². The second-order valence-corrected chi connectivity index (χ2v) is 6.21. The Morgan fingerprint density at radius 2 is 1.78 bits per heavy atom. The van der Waals surface area contributed by atoms with Crippen molar-refractivity contribution in [3.05, 3.63) is 34.9 Å². The lowest BCUT2D eigenvalue weighted by molar-refractivity contribution is 0.0362. The molecule has 1 fully saturated rings. The van der Waals surface area contributed by atoms with Crippen molar-refractivity contribution in [2.45, 2.75) is 50.7 Å². The highest BCUT2D eigenvalue weighted by Crippen LogP contribution is 2.47. The highest BCUT2D eigenvalue weighted by atomic mass is 35.5. The van der Waals surface area contributed by atoms with E-state index >= 15 is 0 Å². The van der Waals surface area contributed by atoms with Gasteiger partial charge in [0.05, 0.1) is 6.10 Å². The lowest BCUT2D eigenvalue weighted by Crippen LogP contribution is -2.57. The van der Waals surface area contributed by atoms with Gasteiger partial charge in [0.25, 0.3) is 0 Å². The molecule has 0 unspecified atom stereocenters. The Hall–Kier alpha value is -0.570. The normalized spacial score (nSPS) is 21.4. The molecule has 3 heteroatoms. The molecule has 2 rings (SSSR count). The first-order chi connectivity index (χ1) is 8.47. The summed E-state index contributed by atoms with van der Waals surface area (Å²) in [7, 11) is 0. The van der Waals surface area contributed by atoms with E-state index in [1.807, 2.05) is 26.0 Å². The molecule has 0 saturated heterocycles. The molecule has 18 heavy (non-hydrogen) atoms. The summed E-state index contributed by atoms with van der Waals surface area (Å²) in [6, 6.07) is 7.71. The molecule has 1 aromatic carbocycles. The second kappa shape index (κ2) is 5.20.